The monoisotopic (exact) mass is 221 g/mol. The maximum absolute atomic E-state index is 5.45. The summed E-state index contributed by atoms with van der Waals surface area (Å²) in [5.74, 6) is 2.84. The Morgan fingerprint density at radius 1 is 1.50 bits per heavy atom. The Labute approximate surface area is 98.4 Å². The van der Waals surface area contributed by atoms with Crippen LogP contribution in [0.4, 0.5) is 0 Å². The fourth-order valence-corrected chi connectivity index (χ4v) is 2.37. The van der Waals surface area contributed by atoms with Crippen LogP contribution in [0.1, 0.15) is 38.9 Å². The van der Waals surface area contributed by atoms with Gasteiger partial charge in [0, 0.05) is 12.5 Å². The summed E-state index contributed by atoms with van der Waals surface area (Å²) in [5.41, 5.74) is 0. The van der Waals surface area contributed by atoms with Crippen molar-refractivity contribution in [2.75, 3.05) is 6.54 Å². The summed E-state index contributed by atoms with van der Waals surface area (Å²) in [7, 11) is 0. The zero-order chi connectivity index (χ0) is 11.4. The van der Waals surface area contributed by atoms with Crippen molar-refractivity contribution in [3.63, 3.8) is 0 Å². The predicted octanol–water partition coefficient (Wildman–Crippen LogP) is 3.24. The minimum Gasteiger partial charge on any atom is -0.469 e. The molecule has 0 aromatic carbocycles. The van der Waals surface area contributed by atoms with Gasteiger partial charge in [0.05, 0.1) is 6.26 Å². The fourth-order valence-electron chi connectivity index (χ4n) is 2.37. The molecule has 2 atom stereocenters. The fraction of sp³-hybridized carbons (Fsp3) is 0.714. The Balaban J connectivity index is 1.90. The van der Waals surface area contributed by atoms with Gasteiger partial charge in [-0.25, -0.2) is 0 Å². The highest BCUT2D eigenvalue weighted by Gasteiger charge is 2.33. The van der Waals surface area contributed by atoms with Crippen LogP contribution in [0.15, 0.2) is 22.8 Å². The minimum absolute atomic E-state index is 0.582. The Bertz CT molecular complexity index is 290. The second kappa shape index (κ2) is 5.53. The van der Waals surface area contributed by atoms with Gasteiger partial charge in [0.1, 0.15) is 5.76 Å². The van der Waals surface area contributed by atoms with Gasteiger partial charge in [-0.15, -0.1) is 0 Å². The largest absolute Gasteiger partial charge is 0.469 e. The van der Waals surface area contributed by atoms with E-state index in [1.807, 2.05) is 6.07 Å². The SMILES string of the molecule is CCCNC(Cc1ccco1)C(C)C1CC1. The zero-order valence-corrected chi connectivity index (χ0v) is 10.4. The van der Waals surface area contributed by atoms with E-state index in [1.165, 1.54) is 19.3 Å². The highest BCUT2D eigenvalue weighted by Crippen LogP contribution is 2.38. The molecule has 90 valence electrons. The van der Waals surface area contributed by atoms with Gasteiger partial charge in [0.15, 0.2) is 0 Å². The van der Waals surface area contributed by atoms with Crippen molar-refractivity contribution in [2.45, 2.75) is 45.6 Å². The first kappa shape index (κ1) is 11.7. The van der Waals surface area contributed by atoms with Gasteiger partial charge in [0.25, 0.3) is 0 Å². The zero-order valence-electron chi connectivity index (χ0n) is 10.4. The van der Waals surface area contributed by atoms with Crippen LogP contribution in [0.3, 0.4) is 0 Å². The lowest BCUT2D eigenvalue weighted by molar-refractivity contribution is 0.322. The van der Waals surface area contributed by atoms with Crippen molar-refractivity contribution in [1.29, 1.82) is 0 Å². The molecule has 2 nitrogen and oxygen atoms in total. The van der Waals surface area contributed by atoms with Crippen molar-refractivity contribution in [3.05, 3.63) is 24.2 Å². The molecule has 2 heteroatoms. The molecular formula is C14H23NO. The van der Waals surface area contributed by atoms with E-state index >= 15 is 0 Å². The summed E-state index contributed by atoms with van der Waals surface area (Å²) < 4.78 is 5.45. The quantitative estimate of drug-likeness (QED) is 0.764. The van der Waals surface area contributed by atoms with Crippen molar-refractivity contribution >= 4 is 0 Å². The summed E-state index contributed by atoms with van der Waals surface area (Å²) in [6, 6.07) is 4.65. The third-order valence-electron chi connectivity index (χ3n) is 3.66. The van der Waals surface area contributed by atoms with Gasteiger partial charge in [-0.2, -0.15) is 0 Å². The molecule has 0 radical (unpaired) electrons. The van der Waals surface area contributed by atoms with Crippen molar-refractivity contribution in [2.24, 2.45) is 11.8 Å². The van der Waals surface area contributed by atoms with Gasteiger partial charge in [-0.05, 0) is 49.8 Å². The Hall–Kier alpha value is -0.760. The third kappa shape index (κ3) is 3.11. The van der Waals surface area contributed by atoms with Crippen molar-refractivity contribution in [3.8, 4) is 0 Å². The lowest BCUT2D eigenvalue weighted by atomic mass is 9.93. The maximum atomic E-state index is 5.45. The van der Waals surface area contributed by atoms with E-state index in [-0.39, 0.29) is 0 Å². The lowest BCUT2D eigenvalue weighted by Gasteiger charge is -2.24. The molecule has 1 aromatic heterocycles. The molecule has 0 aliphatic heterocycles. The molecular weight excluding hydrogens is 198 g/mol. The van der Waals surface area contributed by atoms with E-state index in [1.54, 1.807) is 6.26 Å². The molecule has 1 heterocycles. The molecule has 1 aromatic rings. The lowest BCUT2D eigenvalue weighted by Crippen LogP contribution is -2.38. The van der Waals surface area contributed by atoms with Gasteiger partial charge in [-0.1, -0.05) is 13.8 Å². The van der Waals surface area contributed by atoms with E-state index in [9.17, 15) is 0 Å². The molecule has 0 saturated heterocycles. The van der Waals surface area contributed by atoms with Gasteiger partial charge in [-0.3, -0.25) is 0 Å². The minimum atomic E-state index is 0.582. The molecule has 1 aliphatic carbocycles. The summed E-state index contributed by atoms with van der Waals surface area (Å²) in [5, 5.41) is 3.67. The number of hydrogen-bond donors (Lipinski definition) is 1. The number of hydrogen-bond acceptors (Lipinski definition) is 2. The smallest absolute Gasteiger partial charge is 0.105 e. The van der Waals surface area contributed by atoms with E-state index in [0.29, 0.717) is 6.04 Å². The van der Waals surface area contributed by atoms with E-state index < -0.39 is 0 Å². The van der Waals surface area contributed by atoms with Crippen LogP contribution in [0.25, 0.3) is 0 Å². The first-order valence-electron chi connectivity index (χ1n) is 6.57. The second-order valence-corrected chi connectivity index (χ2v) is 5.04. The maximum Gasteiger partial charge on any atom is 0.105 e. The average Bonchev–Trinajstić information content (AvgIpc) is 3.02. The molecule has 16 heavy (non-hydrogen) atoms. The van der Waals surface area contributed by atoms with Crippen LogP contribution in [0, 0.1) is 11.8 Å². The molecule has 1 fully saturated rings. The number of furan rings is 1. The number of nitrogens with one attached hydrogen (secondary N) is 1. The summed E-state index contributed by atoms with van der Waals surface area (Å²) in [6.45, 7) is 5.72. The molecule has 2 rings (SSSR count). The predicted molar refractivity (Wildman–Crippen MR) is 66.4 cm³/mol. The number of rotatable bonds is 7. The first-order valence-corrected chi connectivity index (χ1v) is 6.57. The second-order valence-electron chi connectivity index (χ2n) is 5.04. The Morgan fingerprint density at radius 3 is 2.88 bits per heavy atom. The highest BCUT2D eigenvalue weighted by molar-refractivity contribution is 5.02. The molecule has 1 aliphatic rings. The van der Waals surface area contributed by atoms with Crippen LogP contribution >= 0.6 is 0 Å². The van der Waals surface area contributed by atoms with Gasteiger partial charge in [0.2, 0.25) is 0 Å². The Morgan fingerprint density at radius 2 is 2.31 bits per heavy atom. The van der Waals surface area contributed by atoms with Crippen LogP contribution in [-0.4, -0.2) is 12.6 Å². The molecule has 0 amide bonds. The van der Waals surface area contributed by atoms with Crippen molar-refractivity contribution in [1.82, 2.24) is 5.32 Å². The van der Waals surface area contributed by atoms with Crippen LogP contribution in [-0.2, 0) is 6.42 Å². The summed E-state index contributed by atoms with van der Waals surface area (Å²) in [4.78, 5) is 0. The Kier molecular flexibility index (Phi) is 4.05. The van der Waals surface area contributed by atoms with Crippen LogP contribution in [0.2, 0.25) is 0 Å². The van der Waals surface area contributed by atoms with Crippen LogP contribution < -0.4 is 5.32 Å². The standard InChI is InChI=1S/C14H23NO/c1-3-8-15-14(11(2)12-6-7-12)10-13-5-4-9-16-13/h4-5,9,11-12,14-15H,3,6-8,10H2,1-2H3. The molecule has 0 bridgehead atoms. The van der Waals surface area contributed by atoms with Gasteiger partial charge < -0.3 is 9.73 Å². The molecule has 1 saturated carbocycles. The van der Waals surface area contributed by atoms with Crippen LogP contribution in [0.5, 0.6) is 0 Å². The van der Waals surface area contributed by atoms with Crippen molar-refractivity contribution < 1.29 is 4.42 Å². The average molecular weight is 221 g/mol. The first-order chi connectivity index (χ1) is 7.81. The normalized spacial score (nSPS) is 19.6. The molecule has 1 N–H and O–H groups in total. The topological polar surface area (TPSA) is 25.2 Å². The molecule has 2 unspecified atom stereocenters. The summed E-state index contributed by atoms with van der Waals surface area (Å²) >= 11 is 0. The van der Waals surface area contributed by atoms with E-state index in [0.717, 1.165) is 30.6 Å². The highest BCUT2D eigenvalue weighted by atomic mass is 16.3. The van der Waals surface area contributed by atoms with Gasteiger partial charge >= 0.3 is 0 Å². The summed E-state index contributed by atoms with van der Waals surface area (Å²) in [6.07, 6.45) is 6.85. The molecule has 0 spiro atoms. The van der Waals surface area contributed by atoms with E-state index in [4.69, 9.17) is 4.42 Å². The third-order valence-corrected chi connectivity index (χ3v) is 3.66. The van der Waals surface area contributed by atoms with E-state index in [2.05, 4.69) is 25.2 Å².